The summed E-state index contributed by atoms with van der Waals surface area (Å²) in [7, 11) is 3.14. The molecule has 1 amide bonds. The summed E-state index contributed by atoms with van der Waals surface area (Å²) in [4.78, 5) is 12.3. The van der Waals surface area contributed by atoms with E-state index < -0.39 is 0 Å². The molecule has 5 nitrogen and oxygen atoms in total. The first-order chi connectivity index (χ1) is 12.7. The highest BCUT2D eigenvalue weighted by Crippen LogP contribution is 2.29. The number of benzene rings is 2. The van der Waals surface area contributed by atoms with Gasteiger partial charge in [0.1, 0.15) is 23.0 Å². The average molecular weight is 351 g/mol. The first-order valence-corrected chi connectivity index (χ1v) is 8.35. The van der Waals surface area contributed by atoms with Crippen LogP contribution in [0.25, 0.3) is 11.3 Å². The zero-order valence-corrected chi connectivity index (χ0v) is 14.8. The van der Waals surface area contributed by atoms with Crippen molar-refractivity contribution in [3.8, 4) is 22.8 Å². The Morgan fingerprint density at radius 2 is 1.81 bits per heavy atom. The molecular formula is C21H21NO4. The van der Waals surface area contributed by atoms with E-state index in [1.54, 1.807) is 32.4 Å². The fraction of sp³-hybridized carbons (Fsp3) is 0.190. The number of ether oxygens (including phenoxy) is 2. The van der Waals surface area contributed by atoms with E-state index in [0.717, 1.165) is 17.1 Å². The van der Waals surface area contributed by atoms with Crippen molar-refractivity contribution in [3.05, 3.63) is 66.4 Å². The molecule has 134 valence electrons. The molecule has 1 heterocycles. The van der Waals surface area contributed by atoms with Crippen molar-refractivity contribution in [2.24, 2.45) is 0 Å². The molecule has 0 unspecified atom stereocenters. The van der Waals surface area contributed by atoms with E-state index >= 15 is 0 Å². The monoisotopic (exact) mass is 351 g/mol. The SMILES string of the molecule is COc1ccc(OC)c(NC(=O)CCc2ccc(-c3ccccc3)o2)c1. The fourth-order valence-corrected chi connectivity index (χ4v) is 2.63. The summed E-state index contributed by atoms with van der Waals surface area (Å²) >= 11 is 0. The summed E-state index contributed by atoms with van der Waals surface area (Å²) in [5.41, 5.74) is 1.60. The molecular weight excluding hydrogens is 330 g/mol. The summed E-state index contributed by atoms with van der Waals surface area (Å²) in [5.74, 6) is 2.70. The van der Waals surface area contributed by atoms with E-state index in [2.05, 4.69) is 5.32 Å². The minimum Gasteiger partial charge on any atom is -0.497 e. The number of hydrogen-bond acceptors (Lipinski definition) is 4. The molecule has 3 rings (SSSR count). The van der Waals surface area contributed by atoms with Gasteiger partial charge < -0.3 is 19.2 Å². The Labute approximate surface area is 152 Å². The second-order valence-electron chi connectivity index (χ2n) is 5.75. The van der Waals surface area contributed by atoms with Crippen molar-refractivity contribution in [1.29, 1.82) is 0 Å². The smallest absolute Gasteiger partial charge is 0.224 e. The predicted octanol–water partition coefficient (Wildman–Crippen LogP) is 4.54. The Morgan fingerprint density at radius 1 is 1.00 bits per heavy atom. The molecule has 0 aliphatic rings. The standard InChI is InChI=1S/C21H21NO4/c1-24-17-9-12-20(25-2)18(14-17)22-21(23)13-10-16-8-11-19(26-16)15-6-4-3-5-7-15/h3-9,11-12,14H,10,13H2,1-2H3,(H,22,23). The van der Waals surface area contributed by atoms with Crippen LogP contribution >= 0.6 is 0 Å². The third-order valence-corrected chi connectivity index (χ3v) is 4.00. The first kappa shape index (κ1) is 17.6. The number of rotatable bonds is 7. The van der Waals surface area contributed by atoms with E-state index in [1.807, 2.05) is 42.5 Å². The van der Waals surface area contributed by atoms with Gasteiger partial charge in [-0.15, -0.1) is 0 Å². The normalized spacial score (nSPS) is 10.4. The van der Waals surface area contributed by atoms with E-state index in [-0.39, 0.29) is 5.91 Å². The summed E-state index contributed by atoms with van der Waals surface area (Å²) < 4.78 is 16.3. The van der Waals surface area contributed by atoms with E-state index in [9.17, 15) is 4.79 Å². The molecule has 3 aromatic rings. The lowest BCUT2D eigenvalue weighted by Gasteiger charge is -2.11. The van der Waals surface area contributed by atoms with Gasteiger partial charge in [0.15, 0.2) is 0 Å². The molecule has 0 bridgehead atoms. The zero-order chi connectivity index (χ0) is 18.4. The van der Waals surface area contributed by atoms with Crippen molar-refractivity contribution in [2.45, 2.75) is 12.8 Å². The van der Waals surface area contributed by atoms with Crippen LogP contribution in [0.5, 0.6) is 11.5 Å². The molecule has 1 N–H and O–H groups in total. The van der Waals surface area contributed by atoms with Crippen LogP contribution in [0.2, 0.25) is 0 Å². The Hall–Kier alpha value is -3.21. The highest BCUT2D eigenvalue weighted by molar-refractivity contribution is 5.92. The number of aryl methyl sites for hydroxylation is 1. The van der Waals surface area contributed by atoms with Gasteiger partial charge in [-0.2, -0.15) is 0 Å². The zero-order valence-electron chi connectivity index (χ0n) is 14.8. The Bertz CT molecular complexity index is 871. The van der Waals surface area contributed by atoms with Gasteiger partial charge in [-0.1, -0.05) is 30.3 Å². The van der Waals surface area contributed by atoms with Crippen LogP contribution in [0.3, 0.4) is 0 Å². The molecule has 0 atom stereocenters. The van der Waals surface area contributed by atoms with Crippen molar-refractivity contribution in [3.63, 3.8) is 0 Å². The van der Waals surface area contributed by atoms with Crippen molar-refractivity contribution >= 4 is 11.6 Å². The maximum atomic E-state index is 12.3. The van der Waals surface area contributed by atoms with Crippen molar-refractivity contribution in [1.82, 2.24) is 0 Å². The number of furan rings is 1. The molecule has 0 aliphatic carbocycles. The van der Waals surface area contributed by atoms with Crippen molar-refractivity contribution < 1.29 is 18.7 Å². The average Bonchev–Trinajstić information content (AvgIpc) is 3.16. The number of amides is 1. The topological polar surface area (TPSA) is 60.7 Å². The molecule has 5 heteroatoms. The molecule has 2 aromatic carbocycles. The van der Waals surface area contributed by atoms with Crippen LogP contribution in [-0.4, -0.2) is 20.1 Å². The van der Waals surface area contributed by atoms with Crippen LogP contribution in [0.4, 0.5) is 5.69 Å². The number of hydrogen-bond donors (Lipinski definition) is 1. The van der Waals surface area contributed by atoms with Gasteiger partial charge in [0.2, 0.25) is 5.91 Å². The molecule has 0 spiro atoms. The third kappa shape index (κ3) is 4.25. The van der Waals surface area contributed by atoms with Crippen LogP contribution in [0.1, 0.15) is 12.2 Å². The molecule has 1 aromatic heterocycles. The second-order valence-corrected chi connectivity index (χ2v) is 5.75. The summed E-state index contributed by atoms with van der Waals surface area (Å²) in [6.45, 7) is 0. The quantitative estimate of drug-likeness (QED) is 0.679. The largest absolute Gasteiger partial charge is 0.497 e. The number of carbonyl (C=O) groups is 1. The molecule has 0 aliphatic heterocycles. The fourth-order valence-electron chi connectivity index (χ4n) is 2.63. The van der Waals surface area contributed by atoms with Crippen LogP contribution in [0.15, 0.2) is 65.1 Å². The Balaban J connectivity index is 1.61. The highest BCUT2D eigenvalue weighted by Gasteiger charge is 2.11. The lowest BCUT2D eigenvalue weighted by Crippen LogP contribution is -2.13. The third-order valence-electron chi connectivity index (χ3n) is 4.00. The summed E-state index contributed by atoms with van der Waals surface area (Å²) in [6, 6.07) is 19.0. The summed E-state index contributed by atoms with van der Waals surface area (Å²) in [5, 5.41) is 2.86. The molecule has 0 radical (unpaired) electrons. The van der Waals surface area contributed by atoms with Gasteiger partial charge in [0, 0.05) is 24.5 Å². The summed E-state index contributed by atoms with van der Waals surface area (Å²) in [6.07, 6.45) is 0.826. The molecule has 26 heavy (non-hydrogen) atoms. The minimum atomic E-state index is -0.116. The van der Waals surface area contributed by atoms with Gasteiger partial charge in [-0.05, 0) is 24.3 Å². The molecule has 0 saturated heterocycles. The van der Waals surface area contributed by atoms with Gasteiger partial charge in [0.05, 0.1) is 19.9 Å². The number of carbonyl (C=O) groups excluding carboxylic acids is 1. The minimum absolute atomic E-state index is 0.116. The number of methoxy groups -OCH3 is 2. The Kier molecular flexibility index (Phi) is 5.59. The number of anilines is 1. The highest BCUT2D eigenvalue weighted by atomic mass is 16.5. The lowest BCUT2D eigenvalue weighted by atomic mass is 10.2. The van der Waals surface area contributed by atoms with E-state index in [0.29, 0.717) is 30.0 Å². The molecule has 0 saturated carbocycles. The van der Waals surface area contributed by atoms with E-state index in [4.69, 9.17) is 13.9 Å². The van der Waals surface area contributed by atoms with Crippen LogP contribution < -0.4 is 14.8 Å². The van der Waals surface area contributed by atoms with Crippen LogP contribution in [0, 0.1) is 0 Å². The van der Waals surface area contributed by atoms with Gasteiger partial charge in [-0.3, -0.25) is 4.79 Å². The Morgan fingerprint density at radius 3 is 2.54 bits per heavy atom. The lowest BCUT2D eigenvalue weighted by molar-refractivity contribution is -0.116. The van der Waals surface area contributed by atoms with Gasteiger partial charge >= 0.3 is 0 Å². The van der Waals surface area contributed by atoms with E-state index in [1.165, 1.54) is 0 Å². The van der Waals surface area contributed by atoms with Crippen molar-refractivity contribution in [2.75, 3.05) is 19.5 Å². The predicted molar refractivity (Wildman–Crippen MR) is 101 cm³/mol. The maximum absolute atomic E-state index is 12.3. The maximum Gasteiger partial charge on any atom is 0.224 e. The van der Waals surface area contributed by atoms with Gasteiger partial charge in [-0.25, -0.2) is 0 Å². The molecule has 0 fully saturated rings. The van der Waals surface area contributed by atoms with Crippen LogP contribution in [-0.2, 0) is 11.2 Å². The van der Waals surface area contributed by atoms with Gasteiger partial charge in [0.25, 0.3) is 0 Å². The second kappa shape index (κ2) is 8.25. The number of nitrogens with one attached hydrogen (secondary N) is 1. The first-order valence-electron chi connectivity index (χ1n) is 8.35.